The molecule has 0 aromatic heterocycles. The van der Waals surface area contributed by atoms with Crippen molar-refractivity contribution >= 4 is 33.7 Å². The summed E-state index contributed by atoms with van der Waals surface area (Å²) in [6.45, 7) is 0.391. The first-order chi connectivity index (χ1) is 7.52. The van der Waals surface area contributed by atoms with E-state index < -0.39 is 0 Å². The number of carbonyl (C=O) groups excluding carboxylic acids is 3. The summed E-state index contributed by atoms with van der Waals surface area (Å²) in [5.41, 5.74) is 4.99. The molecular formula is C10H13BrN2O3. The Hall–Kier alpha value is -1.17. The van der Waals surface area contributed by atoms with Crippen LogP contribution in [0.4, 0.5) is 0 Å². The zero-order valence-electron chi connectivity index (χ0n) is 8.74. The van der Waals surface area contributed by atoms with Crippen molar-refractivity contribution in [3.05, 3.63) is 10.6 Å². The highest BCUT2D eigenvalue weighted by atomic mass is 79.9. The SMILES string of the molecule is NC(=O)CCCCCN1C(=O)C=C(Br)C1=O. The van der Waals surface area contributed by atoms with Crippen molar-refractivity contribution < 1.29 is 14.4 Å². The molecule has 1 aliphatic heterocycles. The van der Waals surface area contributed by atoms with Crippen LogP contribution < -0.4 is 5.73 Å². The third-order valence-electron chi connectivity index (χ3n) is 2.27. The van der Waals surface area contributed by atoms with Crippen LogP contribution in [-0.4, -0.2) is 29.2 Å². The molecule has 1 rings (SSSR count). The maximum atomic E-state index is 11.4. The number of hydrogen-bond donors (Lipinski definition) is 1. The van der Waals surface area contributed by atoms with Crippen LogP contribution in [-0.2, 0) is 14.4 Å². The molecule has 0 aromatic carbocycles. The van der Waals surface area contributed by atoms with Crippen molar-refractivity contribution in [2.24, 2.45) is 5.73 Å². The van der Waals surface area contributed by atoms with Crippen LogP contribution in [0.5, 0.6) is 0 Å². The topological polar surface area (TPSA) is 80.5 Å². The fraction of sp³-hybridized carbons (Fsp3) is 0.500. The standard InChI is InChI=1S/C10H13BrN2O3/c11-7-6-9(15)13(10(7)16)5-3-1-2-4-8(12)14/h6H,1-5H2,(H2,12,14). The lowest BCUT2D eigenvalue weighted by molar-refractivity contribution is -0.137. The minimum atomic E-state index is -0.322. The van der Waals surface area contributed by atoms with Crippen molar-refractivity contribution in [1.82, 2.24) is 4.90 Å². The third-order valence-corrected chi connectivity index (χ3v) is 2.84. The third kappa shape index (κ3) is 3.44. The van der Waals surface area contributed by atoms with E-state index in [9.17, 15) is 14.4 Å². The highest BCUT2D eigenvalue weighted by molar-refractivity contribution is 9.12. The van der Waals surface area contributed by atoms with Gasteiger partial charge < -0.3 is 5.73 Å². The maximum Gasteiger partial charge on any atom is 0.267 e. The second-order valence-electron chi connectivity index (χ2n) is 3.56. The van der Waals surface area contributed by atoms with Gasteiger partial charge in [-0.25, -0.2) is 0 Å². The van der Waals surface area contributed by atoms with Gasteiger partial charge in [0.05, 0.1) is 4.48 Å². The Balaban J connectivity index is 2.22. The summed E-state index contributed by atoms with van der Waals surface area (Å²) in [4.78, 5) is 34.3. The van der Waals surface area contributed by atoms with Gasteiger partial charge in [-0.15, -0.1) is 0 Å². The first kappa shape index (κ1) is 12.9. The Morgan fingerprint density at radius 2 is 2.00 bits per heavy atom. The highest BCUT2D eigenvalue weighted by Crippen LogP contribution is 2.18. The van der Waals surface area contributed by atoms with Gasteiger partial charge in [-0.2, -0.15) is 0 Å². The van der Waals surface area contributed by atoms with Crippen molar-refractivity contribution in [3.8, 4) is 0 Å². The molecule has 0 spiro atoms. The summed E-state index contributed by atoms with van der Waals surface area (Å²) in [7, 11) is 0. The minimum Gasteiger partial charge on any atom is -0.370 e. The molecule has 0 saturated carbocycles. The largest absolute Gasteiger partial charge is 0.370 e. The average molecular weight is 289 g/mol. The zero-order valence-corrected chi connectivity index (χ0v) is 10.3. The van der Waals surface area contributed by atoms with Crippen molar-refractivity contribution in [2.45, 2.75) is 25.7 Å². The zero-order chi connectivity index (χ0) is 12.1. The number of nitrogens with zero attached hydrogens (tertiary/aromatic N) is 1. The minimum absolute atomic E-state index is 0.285. The van der Waals surface area contributed by atoms with Crippen LogP contribution in [0, 0.1) is 0 Å². The number of unbranched alkanes of at least 4 members (excludes halogenated alkanes) is 2. The first-order valence-electron chi connectivity index (χ1n) is 5.03. The second-order valence-corrected chi connectivity index (χ2v) is 4.42. The summed E-state index contributed by atoms with van der Waals surface area (Å²) in [6.07, 6.45) is 3.78. The van der Waals surface area contributed by atoms with Crippen LogP contribution >= 0.6 is 15.9 Å². The van der Waals surface area contributed by atoms with Gasteiger partial charge in [-0.1, -0.05) is 6.42 Å². The number of imide groups is 1. The summed E-state index contributed by atoms with van der Waals surface area (Å²) < 4.78 is 0.301. The Morgan fingerprint density at radius 3 is 2.50 bits per heavy atom. The van der Waals surface area contributed by atoms with E-state index in [1.54, 1.807) is 0 Å². The number of primary amides is 1. The van der Waals surface area contributed by atoms with Crippen LogP contribution in [0.2, 0.25) is 0 Å². The quantitative estimate of drug-likeness (QED) is 0.576. The molecule has 3 amide bonds. The lowest BCUT2D eigenvalue weighted by atomic mass is 10.2. The molecule has 6 heteroatoms. The van der Waals surface area contributed by atoms with Gasteiger partial charge in [-0.05, 0) is 28.8 Å². The van der Waals surface area contributed by atoms with Gasteiger partial charge in [0.1, 0.15) is 0 Å². The van der Waals surface area contributed by atoms with Crippen LogP contribution in [0.3, 0.4) is 0 Å². The van der Waals surface area contributed by atoms with E-state index in [0.29, 0.717) is 30.3 Å². The van der Waals surface area contributed by atoms with Crippen LogP contribution in [0.1, 0.15) is 25.7 Å². The van der Waals surface area contributed by atoms with Crippen LogP contribution in [0.15, 0.2) is 10.6 Å². The fourth-order valence-electron chi connectivity index (χ4n) is 1.43. The van der Waals surface area contributed by atoms with Gasteiger partial charge in [0.15, 0.2) is 0 Å². The van der Waals surface area contributed by atoms with Crippen molar-refractivity contribution in [1.29, 1.82) is 0 Å². The van der Waals surface area contributed by atoms with Crippen LogP contribution in [0.25, 0.3) is 0 Å². The molecule has 0 atom stereocenters. The Morgan fingerprint density at radius 1 is 1.31 bits per heavy atom. The predicted molar refractivity (Wildman–Crippen MR) is 61.4 cm³/mol. The van der Waals surface area contributed by atoms with Gasteiger partial charge in [0.25, 0.3) is 11.8 Å². The average Bonchev–Trinajstić information content (AvgIpc) is 2.43. The summed E-state index contributed by atoms with van der Waals surface area (Å²) in [5, 5.41) is 0. The van der Waals surface area contributed by atoms with Gasteiger partial charge >= 0.3 is 0 Å². The van der Waals surface area contributed by atoms with Gasteiger partial charge in [0.2, 0.25) is 5.91 Å². The van der Waals surface area contributed by atoms with Crippen molar-refractivity contribution in [2.75, 3.05) is 6.54 Å². The molecule has 2 N–H and O–H groups in total. The van der Waals surface area contributed by atoms with Gasteiger partial charge in [0, 0.05) is 19.0 Å². The number of rotatable bonds is 6. The molecule has 0 radical (unpaired) electrons. The predicted octanol–water partition coefficient (Wildman–Crippen LogP) is 0.680. The van der Waals surface area contributed by atoms with E-state index in [-0.39, 0.29) is 17.7 Å². The summed E-state index contributed by atoms with van der Waals surface area (Å²) >= 11 is 3.01. The summed E-state index contributed by atoms with van der Waals surface area (Å²) in [5.74, 6) is -0.899. The van der Waals surface area contributed by atoms with E-state index in [1.807, 2.05) is 0 Å². The highest BCUT2D eigenvalue weighted by Gasteiger charge is 2.28. The molecule has 88 valence electrons. The Kier molecular flexibility index (Phi) is 4.67. The molecule has 5 nitrogen and oxygen atoms in total. The molecule has 0 aromatic rings. The second kappa shape index (κ2) is 5.79. The number of nitrogens with two attached hydrogens (primary N) is 1. The van der Waals surface area contributed by atoms with E-state index in [4.69, 9.17) is 5.73 Å². The molecule has 0 bridgehead atoms. The molecular weight excluding hydrogens is 276 g/mol. The van der Waals surface area contributed by atoms with E-state index >= 15 is 0 Å². The monoisotopic (exact) mass is 288 g/mol. The van der Waals surface area contributed by atoms with E-state index in [1.165, 1.54) is 11.0 Å². The van der Waals surface area contributed by atoms with E-state index in [0.717, 1.165) is 6.42 Å². The number of amides is 3. The first-order valence-corrected chi connectivity index (χ1v) is 5.83. The normalized spacial score (nSPS) is 15.6. The van der Waals surface area contributed by atoms with E-state index in [2.05, 4.69) is 15.9 Å². The number of carbonyl (C=O) groups is 3. The molecule has 0 saturated heterocycles. The number of halogens is 1. The summed E-state index contributed by atoms with van der Waals surface area (Å²) in [6, 6.07) is 0. The molecule has 1 heterocycles. The Labute approximate surface area is 102 Å². The molecule has 1 aliphatic rings. The lowest BCUT2D eigenvalue weighted by Crippen LogP contribution is -2.31. The molecule has 0 unspecified atom stereocenters. The molecule has 16 heavy (non-hydrogen) atoms. The maximum absolute atomic E-state index is 11.4. The smallest absolute Gasteiger partial charge is 0.267 e. The fourth-order valence-corrected chi connectivity index (χ4v) is 1.84. The molecule has 0 aliphatic carbocycles. The van der Waals surface area contributed by atoms with Gasteiger partial charge in [-0.3, -0.25) is 19.3 Å². The van der Waals surface area contributed by atoms with Crippen molar-refractivity contribution in [3.63, 3.8) is 0 Å². The lowest BCUT2D eigenvalue weighted by Gasteiger charge is -2.13. The molecule has 0 fully saturated rings. The Bertz CT molecular complexity index is 352. The number of hydrogen-bond acceptors (Lipinski definition) is 3.